The molecule has 3 aliphatic carbocycles. The van der Waals surface area contributed by atoms with Crippen LogP contribution >= 0.6 is 0 Å². The maximum atomic E-state index is 14.2. The molecule has 0 amide bonds. The van der Waals surface area contributed by atoms with Gasteiger partial charge in [-0.1, -0.05) is 58.0 Å². The molecule has 162 valence electrons. The van der Waals surface area contributed by atoms with E-state index in [1.54, 1.807) is 6.07 Å². The molecular weight excluding hydrogens is 381 g/mol. The third-order valence-electron chi connectivity index (χ3n) is 7.23. The van der Waals surface area contributed by atoms with Crippen molar-refractivity contribution in [3.8, 4) is 0 Å². The zero-order valence-electron chi connectivity index (χ0n) is 17.8. The quantitative estimate of drug-likeness (QED) is 0.560. The normalized spacial score (nSPS) is 30.4. The summed E-state index contributed by atoms with van der Waals surface area (Å²) < 4.78 is 53.0. The third kappa shape index (κ3) is 3.58. The Balaban J connectivity index is 1.91. The number of fused-ring (bicyclic) bond motifs is 2. The van der Waals surface area contributed by atoms with Crippen molar-refractivity contribution in [2.75, 3.05) is 7.11 Å². The fraction of sp³-hybridized carbons (Fsp3) is 0.696. The summed E-state index contributed by atoms with van der Waals surface area (Å²) in [5.41, 5.74) is -3.24. The van der Waals surface area contributed by atoms with Crippen molar-refractivity contribution in [1.29, 1.82) is 0 Å². The molecular formula is C23H31F3O3. The van der Waals surface area contributed by atoms with Crippen LogP contribution in [-0.2, 0) is 19.9 Å². The van der Waals surface area contributed by atoms with Gasteiger partial charge in [-0.25, -0.2) is 4.79 Å². The summed E-state index contributed by atoms with van der Waals surface area (Å²) >= 11 is 0. The number of hydrogen-bond acceptors (Lipinski definition) is 3. The molecule has 2 bridgehead atoms. The molecule has 0 aromatic heterocycles. The smallest absolute Gasteiger partial charge is 0.432 e. The Labute approximate surface area is 171 Å². The van der Waals surface area contributed by atoms with Gasteiger partial charge in [-0.3, -0.25) is 0 Å². The number of carbonyl (C=O) groups excluding carboxylic acids is 1. The highest BCUT2D eigenvalue weighted by Gasteiger charge is 2.65. The van der Waals surface area contributed by atoms with Gasteiger partial charge in [0.1, 0.15) is 6.10 Å². The van der Waals surface area contributed by atoms with Crippen LogP contribution < -0.4 is 0 Å². The summed E-state index contributed by atoms with van der Waals surface area (Å²) in [6.07, 6.45) is -2.95. The highest BCUT2D eigenvalue weighted by molar-refractivity contribution is 5.83. The Kier molecular flexibility index (Phi) is 5.80. The van der Waals surface area contributed by atoms with Gasteiger partial charge in [-0.15, -0.1) is 0 Å². The lowest BCUT2D eigenvalue weighted by atomic mass is 9.44. The Morgan fingerprint density at radius 3 is 2.28 bits per heavy atom. The van der Waals surface area contributed by atoms with E-state index >= 15 is 0 Å². The summed E-state index contributed by atoms with van der Waals surface area (Å²) in [7, 11) is 0.912. The van der Waals surface area contributed by atoms with Crippen LogP contribution in [0.4, 0.5) is 13.2 Å². The zero-order chi connectivity index (χ0) is 21.6. The molecule has 3 fully saturated rings. The number of halogens is 3. The number of hydrogen-bond donors (Lipinski definition) is 0. The predicted molar refractivity (Wildman–Crippen MR) is 104 cm³/mol. The summed E-state index contributed by atoms with van der Waals surface area (Å²) in [4.78, 5) is 13.1. The van der Waals surface area contributed by atoms with E-state index < -0.39 is 23.9 Å². The highest BCUT2D eigenvalue weighted by atomic mass is 19.4. The zero-order valence-corrected chi connectivity index (χ0v) is 17.8. The third-order valence-corrected chi connectivity index (χ3v) is 7.23. The molecule has 29 heavy (non-hydrogen) atoms. The number of ether oxygens (including phenoxy) is 2. The first kappa shape index (κ1) is 22.1. The van der Waals surface area contributed by atoms with Gasteiger partial charge in [0.05, 0.1) is 0 Å². The molecule has 6 heteroatoms. The first-order valence-electron chi connectivity index (χ1n) is 10.3. The van der Waals surface area contributed by atoms with E-state index in [2.05, 4.69) is 27.7 Å². The molecule has 0 unspecified atom stereocenters. The van der Waals surface area contributed by atoms with Crippen LogP contribution in [0.25, 0.3) is 0 Å². The van der Waals surface area contributed by atoms with Crippen LogP contribution in [0, 0.1) is 29.1 Å². The van der Waals surface area contributed by atoms with Gasteiger partial charge in [-0.05, 0) is 48.3 Å². The average molecular weight is 412 g/mol. The Hall–Kier alpha value is -1.56. The molecule has 0 saturated heterocycles. The SMILES string of the molecule is CO[C@](C(=O)O[C@@H]1C[C@@H]2C[C@H]([C@H]1CC(C)C)C2(C)C)(c1ccccc1)C(F)(F)F. The fourth-order valence-corrected chi connectivity index (χ4v) is 5.50. The van der Waals surface area contributed by atoms with Gasteiger partial charge in [0, 0.05) is 12.7 Å². The maximum absolute atomic E-state index is 14.2. The number of benzene rings is 1. The number of esters is 1. The van der Waals surface area contributed by atoms with E-state index in [4.69, 9.17) is 9.47 Å². The van der Waals surface area contributed by atoms with E-state index in [1.807, 2.05) is 0 Å². The van der Waals surface area contributed by atoms with Crippen molar-refractivity contribution in [2.24, 2.45) is 29.1 Å². The molecule has 0 radical (unpaired) electrons. The van der Waals surface area contributed by atoms with E-state index in [9.17, 15) is 18.0 Å². The predicted octanol–water partition coefficient (Wildman–Crippen LogP) is 5.73. The molecule has 3 aliphatic rings. The van der Waals surface area contributed by atoms with Crippen molar-refractivity contribution in [3.05, 3.63) is 35.9 Å². The van der Waals surface area contributed by atoms with Crippen molar-refractivity contribution in [3.63, 3.8) is 0 Å². The first-order chi connectivity index (χ1) is 13.4. The molecule has 3 saturated carbocycles. The van der Waals surface area contributed by atoms with Crippen molar-refractivity contribution in [1.82, 2.24) is 0 Å². The first-order valence-corrected chi connectivity index (χ1v) is 10.3. The van der Waals surface area contributed by atoms with Gasteiger partial charge in [0.2, 0.25) is 0 Å². The Bertz CT molecular complexity index is 729. The van der Waals surface area contributed by atoms with Crippen molar-refractivity contribution < 1.29 is 27.4 Å². The lowest BCUT2D eigenvalue weighted by molar-refractivity contribution is -0.283. The summed E-state index contributed by atoms with van der Waals surface area (Å²) in [6, 6.07) is 7.03. The maximum Gasteiger partial charge on any atom is 0.432 e. The minimum atomic E-state index is -4.94. The van der Waals surface area contributed by atoms with E-state index in [-0.39, 0.29) is 16.9 Å². The van der Waals surface area contributed by atoms with Gasteiger partial charge < -0.3 is 9.47 Å². The molecule has 3 nitrogen and oxygen atoms in total. The van der Waals surface area contributed by atoms with Crippen LogP contribution in [0.3, 0.4) is 0 Å². The van der Waals surface area contributed by atoms with Crippen LogP contribution in [0.15, 0.2) is 30.3 Å². The number of alkyl halides is 3. The minimum Gasteiger partial charge on any atom is -0.459 e. The Morgan fingerprint density at radius 2 is 1.79 bits per heavy atom. The minimum absolute atomic E-state index is 0.0671. The van der Waals surface area contributed by atoms with Crippen LogP contribution in [0.5, 0.6) is 0 Å². The topological polar surface area (TPSA) is 35.5 Å². The number of carbonyl (C=O) groups is 1. The second-order valence-electron chi connectivity index (χ2n) is 9.58. The Morgan fingerprint density at radius 1 is 1.17 bits per heavy atom. The second-order valence-corrected chi connectivity index (χ2v) is 9.58. The van der Waals surface area contributed by atoms with Crippen LogP contribution in [-0.4, -0.2) is 25.4 Å². The highest BCUT2D eigenvalue weighted by Crippen LogP contribution is 2.63. The fourth-order valence-electron chi connectivity index (χ4n) is 5.50. The number of methoxy groups -OCH3 is 1. The molecule has 0 N–H and O–H groups in total. The molecule has 0 aliphatic heterocycles. The van der Waals surface area contributed by atoms with Crippen LogP contribution in [0.1, 0.15) is 52.5 Å². The standard InChI is InChI=1S/C23H31F3O3/c1-14(2)11-17-18-12-16(21(18,3)4)13-19(17)29-20(27)22(28-5,23(24,25)26)15-9-7-6-8-10-15/h6-10,14,16-19H,11-13H2,1-5H3/t16-,17+,18+,19+,22-/m0/s1. The van der Waals surface area contributed by atoms with Crippen molar-refractivity contribution >= 4 is 5.97 Å². The van der Waals surface area contributed by atoms with E-state index in [1.165, 1.54) is 24.3 Å². The lowest BCUT2D eigenvalue weighted by Gasteiger charge is -2.62. The monoisotopic (exact) mass is 412 g/mol. The van der Waals surface area contributed by atoms with Crippen molar-refractivity contribution in [2.45, 2.75) is 64.8 Å². The summed E-state index contributed by atoms with van der Waals surface area (Å²) in [5, 5.41) is 0. The molecule has 1 aromatic carbocycles. The summed E-state index contributed by atoms with van der Waals surface area (Å²) in [6.45, 7) is 8.62. The van der Waals surface area contributed by atoms with Gasteiger partial charge in [-0.2, -0.15) is 13.2 Å². The molecule has 4 rings (SSSR count). The lowest BCUT2D eigenvalue weighted by Crippen LogP contribution is -2.60. The molecule has 0 spiro atoms. The summed E-state index contributed by atoms with van der Waals surface area (Å²) in [5.74, 6) is -0.193. The van der Waals surface area contributed by atoms with Gasteiger partial charge >= 0.3 is 12.1 Å². The van der Waals surface area contributed by atoms with Crippen LogP contribution in [0.2, 0.25) is 0 Å². The number of rotatable bonds is 6. The van der Waals surface area contributed by atoms with Gasteiger partial charge in [0.25, 0.3) is 5.60 Å². The second kappa shape index (κ2) is 7.60. The largest absolute Gasteiger partial charge is 0.459 e. The molecule has 0 heterocycles. The average Bonchev–Trinajstić information content (AvgIpc) is 2.63. The van der Waals surface area contributed by atoms with E-state index in [0.29, 0.717) is 24.2 Å². The van der Waals surface area contributed by atoms with Gasteiger partial charge in [0.15, 0.2) is 0 Å². The molecule has 5 atom stereocenters. The molecule has 1 aromatic rings. The van der Waals surface area contributed by atoms with E-state index in [0.717, 1.165) is 20.0 Å².